The van der Waals surface area contributed by atoms with E-state index in [2.05, 4.69) is 0 Å². The first-order valence-electron chi connectivity index (χ1n) is 8.08. The molecule has 7 nitrogen and oxygen atoms in total. The number of β-amino-alcohol motifs (C(OH)–C–C–N with tert-alkyl or cyclic N) is 1. The van der Waals surface area contributed by atoms with Gasteiger partial charge in [-0.05, 0) is 24.3 Å². The highest BCUT2D eigenvalue weighted by Crippen LogP contribution is 2.27. The second kappa shape index (κ2) is 7.42. The Morgan fingerprint density at radius 1 is 1.27 bits per heavy atom. The minimum atomic E-state index is -4.13. The second-order valence-electron chi connectivity index (χ2n) is 7.21. The molecular formula is C17H22FNO6S. The summed E-state index contributed by atoms with van der Waals surface area (Å²) in [5, 5.41) is 9.84. The SMILES string of the molecule is CC(C)(C)C(=O)COC(=O)C1CC(O)CN1S(=O)(=O)c1ccc(F)cc1. The van der Waals surface area contributed by atoms with E-state index in [1.165, 1.54) is 0 Å². The Morgan fingerprint density at radius 3 is 2.38 bits per heavy atom. The maximum absolute atomic E-state index is 13.0. The molecule has 0 saturated carbocycles. The van der Waals surface area contributed by atoms with Gasteiger partial charge in [-0.15, -0.1) is 0 Å². The van der Waals surface area contributed by atoms with Crippen molar-refractivity contribution in [1.29, 1.82) is 0 Å². The quantitative estimate of drug-likeness (QED) is 0.760. The van der Waals surface area contributed by atoms with Gasteiger partial charge < -0.3 is 9.84 Å². The highest BCUT2D eigenvalue weighted by atomic mass is 32.2. The number of aliphatic hydroxyl groups excluding tert-OH is 1. The van der Waals surface area contributed by atoms with E-state index in [0.717, 1.165) is 28.6 Å². The van der Waals surface area contributed by atoms with Gasteiger partial charge in [-0.3, -0.25) is 9.59 Å². The Labute approximate surface area is 151 Å². The number of ether oxygens (including phenoxy) is 1. The Kier molecular flexibility index (Phi) is 5.84. The number of hydrogen-bond acceptors (Lipinski definition) is 6. The Hall–Kier alpha value is -1.84. The summed E-state index contributed by atoms with van der Waals surface area (Å²) >= 11 is 0. The summed E-state index contributed by atoms with van der Waals surface area (Å²) in [7, 11) is -4.13. The van der Waals surface area contributed by atoms with Crippen molar-refractivity contribution in [3.05, 3.63) is 30.1 Å². The Balaban J connectivity index is 2.18. The van der Waals surface area contributed by atoms with Crippen LogP contribution < -0.4 is 0 Å². The molecule has 1 fully saturated rings. The van der Waals surface area contributed by atoms with Crippen molar-refractivity contribution in [2.24, 2.45) is 5.41 Å². The van der Waals surface area contributed by atoms with Gasteiger partial charge in [0.25, 0.3) is 0 Å². The van der Waals surface area contributed by atoms with Crippen LogP contribution in [0.4, 0.5) is 4.39 Å². The molecule has 144 valence electrons. The molecule has 2 rings (SSSR count). The molecule has 2 atom stereocenters. The number of carbonyl (C=O) groups is 2. The fourth-order valence-electron chi connectivity index (χ4n) is 2.46. The summed E-state index contributed by atoms with van der Waals surface area (Å²) < 4.78 is 44.3. The molecule has 1 saturated heterocycles. The lowest BCUT2D eigenvalue weighted by molar-refractivity contribution is -0.153. The summed E-state index contributed by atoms with van der Waals surface area (Å²) in [6.45, 7) is 4.27. The number of Topliss-reactive ketones (excluding diaryl/α,β-unsaturated/α-hetero) is 1. The van der Waals surface area contributed by atoms with Gasteiger partial charge in [0.2, 0.25) is 10.0 Å². The summed E-state index contributed by atoms with van der Waals surface area (Å²) in [6.07, 6.45) is -1.18. The lowest BCUT2D eigenvalue weighted by Crippen LogP contribution is -2.42. The van der Waals surface area contributed by atoms with Crippen LogP contribution in [0.15, 0.2) is 29.2 Å². The smallest absolute Gasteiger partial charge is 0.325 e. The number of sulfonamides is 1. The van der Waals surface area contributed by atoms with Crippen LogP contribution in [0.5, 0.6) is 0 Å². The number of aliphatic hydroxyl groups is 1. The van der Waals surface area contributed by atoms with Crippen molar-refractivity contribution in [3.8, 4) is 0 Å². The van der Waals surface area contributed by atoms with Crippen LogP contribution in [0.1, 0.15) is 27.2 Å². The number of ketones is 1. The molecule has 0 aromatic heterocycles. The van der Waals surface area contributed by atoms with E-state index >= 15 is 0 Å². The number of esters is 1. The standard InChI is InChI=1S/C17H22FNO6S/c1-17(2,3)15(21)10-25-16(22)14-8-12(20)9-19(14)26(23,24)13-6-4-11(18)5-7-13/h4-7,12,14,20H,8-10H2,1-3H3. The predicted octanol–water partition coefficient (Wildman–Crippen LogP) is 1.11. The normalized spacial score (nSPS) is 21.6. The van der Waals surface area contributed by atoms with E-state index in [1.54, 1.807) is 20.8 Å². The summed E-state index contributed by atoms with van der Waals surface area (Å²) in [5.74, 6) is -1.80. The first kappa shape index (κ1) is 20.5. The van der Waals surface area contributed by atoms with Gasteiger partial charge in [-0.25, -0.2) is 12.8 Å². The second-order valence-corrected chi connectivity index (χ2v) is 9.11. The first-order chi connectivity index (χ1) is 11.9. The lowest BCUT2D eigenvalue weighted by atomic mass is 9.91. The molecular weight excluding hydrogens is 365 g/mol. The van der Waals surface area contributed by atoms with Gasteiger partial charge in [0.1, 0.15) is 11.9 Å². The van der Waals surface area contributed by atoms with Crippen LogP contribution in [-0.4, -0.2) is 54.9 Å². The molecule has 1 aromatic rings. The Bertz CT molecular complexity index is 784. The van der Waals surface area contributed by atoms with E-state index in [-0.39, 0.29) is 23.6 Å². The van der Waals surface area contributed by atoms with E-state index in [0.29, 0.717) is 0 Å². The molecule has 0 amide bonds. The predicted molar refractivity (Wildman–Crippen MR) is 90.1 cm³/mol. The largest absolute Gasteiger partial charge is 0.456 e. The fourth-order valence-corrected chi connectivity index (χ4v) is 4.08. The molecule has 9 heteroatoms. The number of rotatable bonds is 5. The van der Waals surface area contributed by atoms with Crippen molar-refractivity contribution >= 4 is 21.8 Å². The Morgan fingerprint density at radius 2 is 1.85 bits per heavy atom. The first-order valence-corrected chi connectivity index (χ1v) is 9.52. The molecule has 2 unspecified atom stereocenters. The molecule has 1 N–H and O–H groups in total. The van der Waals surface area contributed by atoms with Gasteiger partial charge in [0, 0.05) is 18.4 Å². The maximum atomic E-state index is 13.0. The molecule has 0 aliphatic carbocycles. The zero-order chi connectivity index (χ0) is 19.7. The van der Waals surface area contributed by atoms with Crippen LogP contribution in [-0.2, 0) is 24.3 Å². The van der Waals surface area contributed by atoms with Gasteiger partial charge in [-0.1, -0.05) is 20.8 Å². The van der Waals surface area contributed by atoms with Crippen LogP contribution in [0.3, 0.4) is 0 Å². The van der Waals surface area contributed by atoms with Crippen molar-refractivity contribution < 1.29 is 32.2 Å². The third-order valence-corrected chi connectivity index (χ3v) is 6.00. The lowest BCUT2D eigenvalue weighted by Gasteiger charge is -2.23. The minimum absolute atomic E-state index is 0.136. The number of halogens is 1. The highest BCUT2D eigenvalue weighted by molar-refractivity contribution is 7.89. The summed E-state index contributed by atoms with van der Waals surface area (Å²) in [4.78, 5) is 24.0. The fraction of sp³-hybridized carbons (Fsp3) is 0.529. The number of carbonyl (C=O) groups excluding carboxylic acids is 2. The van der Waals surface area contributed by atoms with Crippen LogP contribution in [0.25, 0.3) is 0 Å². The van der Waals surface area contributed by atoms with Crippen LogP contribution in [0.2, 0.25) is 0 Å². The summed E-state index contributed by atoms with van der Waals surface area (Å²) in [5.41, 5.74) is -0.699. The highest BCUT2D eigenvalue weighted by Gasteiger charge is 2.44. The van der Waals surface area contributed by atoms with E-state index in [4.69, 9.17) is 4.74 Å². The average Bonchev–Trinajstić information content (AvgIpc) is 2.94. The minimum Gasteiger partial charge on any atom is -0.456 e. The van der Waals surface area contributed by atoms with E-state index < -0.39 is 46.0 Å². The topological polar surface area (TPSA) is 101 Å². The number of hydrogen-bond donors (Lipinski definition) is 1. The molecule has 0 radical (unpaired) electrons. The molecule has 0 spiro atoms. The third kappa shape index (κ3) is 4.46. The number of nitrogens with zero attached hydrogens (tertiary/aromatic N) is 1. The van der Waals surface area contributed by atoms with E-state index in [1.807, 2.05) is 0 Å². The van der Waals surface area contributed by atoms with Gasteiger partial charge in [0.15, 0.2) is 12.4 Å². The van der Waals surface area contributed by atoms with Crippen molar-refractivity contribution in [2.75, 3.05) is 13.2 Å². The molecule has 1 heterocycles. The van der Waals surface area contributed by atoms with Gasteiger partial charge in [-0.2, -0.15) is 4.31 Å². The van der Waals surface area contributed by atoms with Gasteiger partial charge >= 0.3 is 5.97 Å². The third-order valence-electron chi connectivity index (χ3n) is 4.11. The van der Waals surface area contributed by atoms with E-state index in [9.17, 15) is 27.5 Å². The zero-order valence-electron chi connectivity index (χ0n) is 14.8. The maximum Gasteiger partial charge on any atom is 0.325 e. The van der Waals surface area contributed by atoms with Crippen LogP contribution >= 0.6 is 0 Å². The number of benzene rings is 1. The monoisotopic (exact) mass is 387 g/mol. The van der Waals surface area contributed by atoms with Crippen LogP contribution in [0, 0.1) is 11.2 Å². The van der Waals surface area contributed by atoms with Crippen molar-refractivity contribution in [2.45, 2.75) is 44.2 Å². The van der Waals surface area contributed by atoms with Gasteiger partial charge in [0.05, 0.1) is 11.0 Å². The molecule has 1 aliphatic rings. The average molecular weight is 387 g/mol. The zero-order valence-corrected chi connectivity index (χ0v) is 15.6. The van der Waals surface area contributed by atoms with Crippen molar-refractivity contribution in [1.82, 2.24) is 4.31 Å². The molecule has 0 bridgehead atoms. The van der Waals surface area contributed by atoms with Crippen molar-refractivity contribution in [3.63, 3.8) is 0 Å². The summed E-state index contributed by atoms with van der Waals surface area (Å²) in [6, 6.07) is 2.92. The molecule has 1 aromatic carbocycles. The molecule has 26 heavy (non-hydrogen) atoms. The molecule has 1 aliphatic heterocycles.